The van der Waals surface area contributed by atoms with Crippen LogP contribution in [0.5, 0.6) is 0 Å². The third kappa shape index (κ3) is 3.16. The minimum Gasteiger partial charge on any atom is -0.298 e. The average molecular weight is 261 g/mol. The molecular formula is C11H13ClOS2. The number of hydrogen-bond donors (Lipinski definition) is 0. The molecule has 4 heteroatoms. The topological polar surface area (TPSA) is 17.1 Å². The zero-order chi connectivity index (χ0) is 11.4. The highest BCUT2D eigenvalue weighted by Crippen LogP contribution is 2.32. The fourth-order valence-corrected chi connectivity index (χ4v) is 2.87. The quantitative estimate of drug-likeness (QED) is 0.602. The van der Waals surface area contributed by atoms with Crippen LogP contribution in [0.25, 0.3) is 0 Å². The summed E-state index contributed by atoms with van der Waals surface area (Å²) < 4.78 is 0. The molecule has 0 radical (unpaired) electrons. The third-order valence-corrected chi connectivity index (χ3v) is 4.32. The third-order valence-electron chi connectivity index (χ3n) is 2.06. The van der Waals surface area contributed by atoms with E-state index in [1.165, 1.54) is 16.7 Å². The molecule has 0 heterocycles. The zero-order valence-electron chi connectivity index (χ0n) is 8.91. The number of rotatable bonds is 4. The predicted molar refractivity (Wildman–Crippen MR) is 69.3 cm³/mol. The lowest BCUT2D eigenvalue weighted by Crippen LogP contribution is -2.01. The summed E-state index contributed by atoms with van der Waals surface area (Å²) in [5.41, 5.74) is 0.881. The van der Waals surface area contributed by atoms with Crippen molar-refractivity contribution >= 4 is 40.9 Å². The first-order chi connectivity index (χ1) is 7.10. The Hall–Kier alpha value is -0.120. The lowest BCUT2D eigenvalue weighted by Gasteiger charge is -2.10. The van der Waals surface area contributed by atoms with E-state index in [0.717, 1.165) is 5.56 Å². The van der Waals surface area contributed by atoms with Gasteiger partial charge in [0.2, 0.25) is 0 Å². The van der Waals surface area contributed by atoms with Gasteiger partial charge in [-0.25, -0.2) is 0 Å². The Morgan fingerprint density at radius 2 is 1.87 bits per heavy atom. The van der Waals surface area contributed by atoms with E-state index in [4.69, 9.17) is 11.6 Å². The average Bonchev–Trinajstić information content (AvgIpc) is 2.26. The Bertz CT molecular complexity index is 366. The molecule has 0 aromatic heterocycles. The normalized spacial score (nSPS) is 12.5. The van der Waals surface area contributed by atoms with Crippen LogP contribution in [-0.4, -0.2) is 18.3 Å². The van der Waals surface area contributed by atoms with Crippen LogP contribution in [-0.2, 0) is 4.79 Å². The maximum Gasteiger partial charge on any atom is 0.152 e. The summed E-state index contributed by atoms with van der Waals surface area (Å²) in [6.45, 7) is 1.51. The van der Waals surface area contributed by atoms with Gasteiger partial charge in [-0.1, -0.05) is 6.07 Å². The van der Waals surface area contributed by atoms with Crippen LogP contribution < -0.4 is 0 Å². The molecule has 0 bridgehead atoms. The van der Waals surface area contributed by atoms with E-state index in [1.54, 1.807) is 23.5 Å². The minimum atomic E-state index is -0.521. The molecule has 0 aliphatic rings. The summed E-state index contributed by atoms with van der Waals surface area (Å²) in [5.74, 6) is -0.0133. The van der Waals surface area contributed by atoms with E-state index in [-0.39, 0.29) is 5.78 Å². The van der Waals surface area contributed by atoms with Crippen LogP contribution in [0.4, 0.5) is 0 Å². The van der Waals surface area contributed by atoms with E-state index in [9.17, 15) is 4.79 Å². The number of benzene rings is 1. The van der Waals surface area contributed by atoms with Gasteiger partial charge in [0.15, 0.2) is 5.78 Å². The van der Waals surface area contributed by atoms with Gasteiger partial charge in [0.05, 0.1) is 0 Å². The van der Waals surface area contributed by atoms with Gasteiger partial charge in [-0.05, 0) is 37.1 Å². The number of hydrogen-bond acceptors (Lipinski definition) is 3. The van der Waals surface area contributed by atoms with Crippen molar-refractivity contribution in [3.05, 3.63) is 23.8 Å². The maximum absolute atomic E-state index is 11.2. The van der Waals surface area contributed by atoms with E-state index in [2.05, 4.69) is 0 Å². The van der Waals surface area contributed by atoms with Crippen LogP contribution >= 0.6 is 35.1 Å². The molecule has 0 amide bonds. The Labute approximate surface area is 104 Å². The molecule has 15 heavy (non-hydrogen) atoms. The minimum absolute atomic E-state index is 0.0133. The standard InChI is InChI=1S/C11H13ClOS2/c1-7(13)11(12)8-4-5-9(14-2)10(6-8)15-3/h4-6,11H,1-3H3. The van der Waals surface area contributed by atoms with Gasteiger partial charge < -0.3 is 0 Å². The van der Waals surface area contributed by atoms with E-state index < -0.39 is 5.38 Å². The molecule has 0 aliphatic heterocycles. The second kappa shape index (κ2) is 5.83. The summed E-state index contributed by atoms with van der Waals surface area (Å²) in [4.78, 5) is 13.5. The molecule has 1 unspecified atom stereocenters. The smallest absolute Gasteiger partial charge is 0.152 e. The Morgan fingerprint density at radius 3 is 2.33 bits per heavy atom. The molecular weight excluding hydrogens is 248 g/mol. The largest absolute Gasteiger partial charge is 0.298 e. The number of carbonyl (C=O) groups excluding carboxylic acids is 1. The zero-order valence-corrected chi connectivity index (χ0v) is 11.3. The van der Waals surface area contributed by atoms with Gasteiger partial charge in [0, 0.05) is 9.79 Å². The SMILES string of the molecule is CSc1ccc(C(Cl)C(C)=O)cc1SC. The van der Waals surface area contributed by atoms with Crippen LogP contribution in [0, 0.1) is 0 Å². The Balaban J connectivity index is 3.07. The van der Waals surface area contributed by atoms with Crippen molar-refractivity contribution in [2.45, 2.75) is 22.1 Å². The molecule has 1 aromatic rings. The Kier molecular flexibility index (Phi) is 5.03. The monoisotopic (exact) mass is 260 g/mol. The summed E-state index contributed by atoms with van der Waals surface area (Å²) in [6, 6.07) is 5.93. The number of carbonyl (C=O) groups is 1. The van der Waals surface area contributed by atoms with Crippen LogP contribution in [0.3, 0.4) is 0 Å². The van der Waals surface area contributed by atoms with Crippen molar-refractivity contribution in [1.82, 2.24) is 0 Å². The second-order valence-corrected chi connectivity index (χ2v) is 5.22. The van der Waals surface area contributed by atoms with Gasteiger partial charge in [-0.15, -0.1) is 35.1 Å². The van der Waals surface area contributed by atoms with E-state index in [0.29, 0.717) is 0 Å². The van der Waals surface area contributed by atoms with Gasteiger partial charge >= 0.3 is 0 Å². The van der Waals surface area contributed by atoms with Crippen molar-refractivity contribution in [3.8, 4) is 0 Å². The molecule has 1 atom stereocenters. The number of alkyl halides is 1. The van der Waals surface area contributed by atoms with Gasteiger partial charge in [-0.3, -0.25) is 4.79 Å². The van der Waals surface area contributed by atoms with E-state index in [1.807, 2.05) is 30.7 Å². The first-order valence-electron chi connectivity index (χ1n) is 4.46. The second-order valence-electron chi connectivity index (χ2n) is 3.09. The molecule has 0 saturated heterocycles. The number of Topliss-reactive ketones (excluding diaryl/α,β-unsaturated/α-hetero) is 1. The highest BCUT2D eigenvalue weighted by atomic mass is 35.5. The van der Waals surface area contributed by atoms with E-state index >= 15 is 0 Å². The lowest BCUT2D eigenvalue weighted by atomic mass is 10.1. The van der Waals surface area contributed by atoms with Crippen LogP contribution in [0.1, 0.15) is 17.9 Å². The molecule has 0 saturated carbocycles. The van der Waals surface area contributed by atoms with Crippen molar-refractivity contribution < 1.29 is 4.79 Å². The molecule has 1 rings (SSSR count). The molecule has 1 nitrogen and oxygen atoms in total. The number of thioether (sulfide) groups is 2. The number of ketones is 1. The lowest BCUT2D eigenvalue weighted by molar-refractivity contribution is -0.116. The first-order valence-corrected chi connectivity index (χ1v) is 7.35. The fraction of sp³-hybridized carbons (Fsp3) is 0.364. The molecule has 0 fully saturated rings. The predicted octanol–water partition coefficient (Wildman–Crippen LogP) is 4.00. The van der Waals surface area contributed by atoms with Crippen LogP contribution in [0.15, 0.2) is 28.0 Å². The summed E-state index contributed by atoms with van der Waals surface area (Å²) in [5, 5.41) is -0.521. The summed E-state index contributed by atoms with van der Waals surface area (Å²) >= 11 is 9.37. The maximum atomic E-state index is 11.2. The molecule has 1 aromatic carbocycles. The van der Waals surface area contributed by atoms with Crippen molar-refractivity contribution in [1.29, 1.82) is 0 Å². The number of halogens is 1. The van der Waals surface area contributed by atoms with Gasteiger partial charge in [0.1, 0.15) is 5.38 Å². The molecule has 0 spiro atoms. The molecule has 82 valence electrons. The highest BCUT2D eigenvalue weighted by Gasteiger charge is 2.14. The van der Waals surface area contributed by atoms with Crippen molar-refractivity contribution in [2.75, 3.05) is 12.5 Å². The fourth-order valence-electron chi connectivity index (χ4n) is 1.25. The van der Waals surface area contributed by atoms with Crippen molar-refractivity contribution in [3.63, 3.8) is 0 Å². The molecule has 0 N–H and O–H groups in total. The van der Waals surface area contributed by atoms with Crippen molar-refractivity contribution in [2.24, 2.45) is 0 Å². The summed E-state index contributed by atoms with van der Waals surface area (Å²) in [7, 11) is 0. The summed E-state index contributed by atoms with van der Waals surface area (Å²) in [6.07, 6.45) is 4.06. The Morgan fingerprint density at radius 1 is 1.27 bits per heavy atom. The first kappa shape index (κ1) is 12.9. The highest BCUT2D eigenvalue weighted by molar-refractivity contribution is 8.01. The van der Waals surface area contributed by atoms with Gasteiger partial charge in [0.25, 0.3) is 0 Å². The van der Waals surface area contributed by atoms with Gasteiger partial charge in [-0.2, -0.15) is 0 Å². The molecule has 0 aliphatic carbocycles. The van der Waals surface area contributed by atoms with Crippen LogP contribution in [0.2, 0.25) is 0 Å².